The maximum atomic E-state index is 12.8. The molecule has 0 saturated heterocycles. The Morgan fingerprint density at radius 2 is 2.00 bits per heavy atom. The monoisotopic (exact) mass is 476 g/mol. The highest BCUT2D eigenvalue weighted by Crippen LogP contribution is 2.21. The number of hydrogen-bond donors (Lipinski definition) is 2. The fourth-order valence-corrected chi connectivity index (χ4v) is 3.84. The van der Waals surface area contributed by atoms with E-state index >= 15 is 0 Å². The van der Waals surface area contributed by atoms with Gasteiger partial charge in [0.25, 0.3) is 5.91 Å². The Morgan fingerprint density at radius 3 is 2.76 bits per heavy atom. The van der Waals surface area contributed by atoms with Crippen LogP contribution in [-0.2, 0) is 13.1 Å². The lowest BCUT2D eigenvalue weighted by molar-refractivity contribution is 0.0939. The van der Waals surface area contributed by atoms with Crippen molar-refractivity contribution in [3.05, 3.63) is 83.3 Å². The van der Waals surface area contributed by atoms with E-state index in [-0.39, 0.29) is 11.9 Å². The van der Waals surface area contributed by atoms with Crippen molar-refractivity contribution in [3.8, 4) is 11.5 Å². The first-order valence-electron chi connectivity index (χ1n) is 11.0. The van der Waals surface area contributed by atoms with Crippen molar-refractivity contribution >= 4 is 23.2 Å². The smallest absolute Gasteiger partial charge is 0.251 e. The Bertz CT molecular complexity index is 1260. The van der Waals surface area contributed by atoms with E-state index in [0.717, 1.165) is 30.2 Å². The fraction of sp³-hybridized carbons (Fsp3) is 0.250. The molecule has 0 bridgehead atoms. The van der Waals surface area contributed by atoms with Crippen LogP contribution in [0.5, 0.6) is 0 Å². The lowest BCUT2D eigenvalue weighted by atomic mass is 10.1. The van der Waals surface area contributed by atoms with Crippen molar-refractivity contribution < 1.29 is 4.79 Å². The van der Waals surface area contributed by atoms with Crippen molar-refractivity contribution in [2.45, 2.75) is 39.4 Å². The van der Waals surface area contributed by atoms with Gasteiger partial charge in [-0.25, -0.2) is 9.97 Å². The van der Waals surface area contributed by atoms with Crippen LogP contribution in [0.3, 0.4) is 0 Å². The lowest BCUT2D eigenvalue weighted by Crippen LogP contribution is -2.27. The average Bonchev–Trinajstić information content (AvgIpc) is 3.26. The van der Waals surface area contributed by atoms with E-state index in [0.29, 0.717) is 28.6 Å². The third-order valence-corrected chi connectivity index (χ3v) is 5.53. The van der Waals surface area contributed by atoms with Crippen LogP contribution in [0.4, 0.5) is 5.69 Å². The summed E-state index contributed by atoms with van der Waals surface area (Å²) in [5.41, 5.74) is 2.68. The van der Waals surface area contributed by atoms with Crippen LogP contribution in [0.25, 0.3) is 11.5 Å². The number of carbonyl (C=O) groups is 1. The zero-order chi connectivity index (χ0) is 23.9. The highest BCUT2D eigenvalue weighted by atomic mass is 35.5. The number of amides is 1. The quantitative estimate of drug-likeness (QED) is 0.370. The number of rotatable bonds is 9. The largest absolute Gasteiger partial charge is 0.378 e. The maximum absolute atomic E-state index is 12.8. The molecule has 10 heteroatoms. The summed E-state index contributed by atoms with van der Waals surface area (Å²) in [5.74, 6) is 1.28. The predicted molar refractivity (Wildman–Crippen MR) is 130 cm³/mol. The molecule has 0 spiro atoms. The molecule has 0 aliphatic heterocycles. The summed E-state index contributed by atoms with van der Waals surface area (Å²) in [6.45, 7) is 5.16. The van der Waals surface area contributed by atoms with Gasteiger partial charge >= 0.3 is 0 Å². The number of halogens is 1. The maximum Gasteiger partial charge on any atom is 0.251 e. The topological polar surface area (TPSA) is 111 Å². The Balaban J connectivity index is 1.45. The van der Waals surface area contributed by atoms with E-state index in [1.54, 1.807) is 36.7 Å². The predicted octanol–water partition coefficient (Wildman–Crippen LogP) is 4.30. The third kappa shape index (κ3) is 5.37. The summed E-state index contributed by atoms with van der Waals surface area (Å²) in [6, 6.07) is 12.3. The summed E-state index contributed by atoms with van der Waals surface area (Å²) in [7, 11) is 0. The number of benzene rings is 1. The Hall–Kier alpha value is -3.85. The van der Waals surface area contributed by atoms with Gasteiger partial charge in [0.1, 0.15) is 12.0 Å². The van der Waals surface area contributed by atoms with E-state index in [2.05, 4.69) is 42.7 Å². The number of hydrogen-bond acceptors (Lipinski definition) is 7. The Morgan fingerprint density at radius 1 is 1.12 bits per heavy atom. The van der Waals surface area contributed by atoms with Gasteiger partial charge in [-0.1, -0.05) is 24.6 Å². The van der Waals surface area contributed by atoms with Crippen molar-refractivity contribution in [3.63, 3.8) is 0 Å². The van der Waals surface area contributed by atoms with E-state index in [1.165, 1.54) is 6.33 Å². The van der Waals surface area contributed by atoms with Gasteiger partial charge in [-0.2, -0.15) is 0 Å². The van der Waals surface area contributed by atoms with Crippen LogP contribution >= 0.6 is 11.6 Å². The number of nitrogens with zero attached hydrogens (tertiary/aromatic N) is 6. The lowest BCUT2D eigenvalue weighted by Gasteiger charge is -2.15. The standard InChI is InChI=1S/C24H25ClN8O/c1-3-12-33-21(31-32-23(33)20-9-11-26-15-29-20)14-28-18-7-4-6-17(13-18)24(34)30-16(2)22-19(25)8-5-10-27-22/h4-11,13,15-16,28H,3,12,14H2,1-2H3,(H,30,34)/t16-/m1/s1. The van der Waals surface area contributed by atoms with Crippen LogP contribution < -0.4 is 10.6 Å². The van der Waals surface area contributed by atoms with Gasteiger partial charge in [-0.15, -0.1) is 10.2 Å². The molecule has 3 heterocycles. The van der Waals surface area contributed by atoms with Crippen LogP contribution in [0.2, 0.25) is 5.02 Å². The summed E-state index contributed by atoms with van der Waals surface area (Å²) in [4.78, 5) is 25.3. The van der Waals surface area contributed by atoms with Gasteiger partial charge in [-0.3, -0.25) is 9.78 Å². The second-order valence-electron chi connectivity index (χ2n) is 7.69. The third-order valence-electron chi connectivity index (χ3n) is 5.21. The normalized spacial score (nSPS) is 11.7. The number of aromatic nitrogens is 6. The molecule has 1 amide bonds. The van der Waals surface area contributed by atoms with Crippen LogP contribution in [0.1, 0.15) is 48.2 Å². The number of pyridine rings is 1. The Kier molecular flexibility index (Phi) is 7.44. The van der Waals surface area contributed by atoms with Crippen molar-refractivity contribution in [2.24, 2.45) is 0 Å². The first kappa shape index (κ1) is 23.3. The molecule has 1 atom stereocenters. The number of carbonyl (C=O) groups excluding carboxylic acids is 1. The molecule has 0 aliphatic carbocycles. The second-order valence-corrected chi connectivity index (χ2v) is 8.09. The first-order chi connectivity index (χ1) is 16.6. The number of nitrogens with one attached hydrogen (secondary N) is 2. The van der Waals surface area contributed by atoms with E-state index in [4.69, 9.17) is 11.6 Å². The molecule has 0 aliphatic rings. The SMILES string of the molecule is CCCn1c(CNc2cccc(C(=O)N[C@H](C)c3ncccc3Cl)c2)nnc1-c1ccncn1. The summed E-state index contributed by atoms with van der Waals surface area (Å²) in [5, 5.41) is 15.5. The average molecular weight is 477 g/mol. The van der Waals surface area contributed by atoms with Gasteiger partial charge in [0, 0.05) is 30.2 Å². The van der Waals surface area contributed by atoms with Gasteiger partial charge < -0.3 is 15.2 Å². The molecule has 2 N–H and O–H groups in total. The van der Waals surface area contributed by atoms with Gasteiger partial charge in [0.15, 0.2) is 11.6 Å². The highest BCUT2D eigenvalue weighted by molar-refractivity contribution is 6.31. The molecule has 0 fully saturated rings. The summed E-state index contributed by atoms with van der Waals surface area (Å²) >= 11 is 6.21. The molecular formula is C24H25ClN8O. The molecule has 0 saturated carbocycles. The molecule has 174 valence electrons. The van der Waals surface area contributed by atoms with E-state index < -0.39 is 0 Å². The molecule has 9 nitrogen and oxygen atoms in total. The minimum absolute atomic E-state index is 0.210. The molecule has 1 aromatic carbocycles. The minimum Gasteiger partial charge on any atom is -0.378 e. The number of anilines is 1. The molecule has 4 rings (SSSR count). The molecular weight excluding hydrogens is 452 g/mol. The zero-order valence-electron chi connectivity index (χ0n) is 18.9. The van der Waals surface area contributed by atoms with Crippen molar-refractivity contribution in [1.29, 1.82) is 0 Å². The molecule has 4 aromatic rings. The van der Waals surface area contributed by atoms with Gasteiger partial charge in [0.05, 0.1) is 23.3 Å². The Labute approximate surface area is 202 Å². The minimum atomic E-state index is -0.328. The van der Waals surface area contributed by atoms with E-state index in [1.807, 2.05) is 29.7 Å². The van der Waals surface area contributed by atoms with Gasteiger partial charge in [-0.05, 0) is 49.7 Å². The zero-order valence-corrected chi connectivity index (χ0v) is 19.7. The van der Waals surface area contributed by atoms with Crippen molar-refractivity contribution in [1.82, 2.24) is 35.0 Å². The summed E-state index contributed by atoms with van der Waals surface area (Å²) in [6.07, 6.45) is 5.76. The van der Waals surface area contributed by atoms with Crippen LogP contribution in [-0.4, -0.2) is 35.6 Å². The second kappa shape index (κ2) is 10.8. The summed E-state index contributed by atoms with van der Waals surface area (Å²) < 4.78 is 2.05. The van der Waals surface area contributed by atoms with Crippen LogP contribution in [0.15, 0.2) is 61.2 Å². The fourth-order valence-electron chi connectivity index (χ4n) is 3.55. The van der Waals surface area contributed by atoms with Crippen molar-refractivity contribution in [2.75, 3.05) is 5.32 Å². The van der Waals surface area contributed by atoms with Crippen LogP contribution in [0, 0.1) is 0 Å². The molecule has 34 heavy (non-hydrogen) atoms. The molecule has 0 unspecified atom stereocenters. The van der Waals surface area contributed by atoms with E-state index in [9.17, 15) is 4.79 Å². The first-order valence-corrected chi connectivity index (χ1v) is 11.4. The van der Waals surface area contributed by atoms with Gasteiger partial charge in [0.2, 0.25) is 0 Å². The molecule has 3 aromatic heterocycles. The highest BCUT2D eigenvalue weighted by Gasteiger charge is 2.16. The molecule has 0 radical (unpaired) electrons.